The minimum atomic E-state index is -3.51. The lowest BCUT2D eigenvalue weighted by atomic mass is 10.2. The molecule has 0 amide bonds. The minimum absolute atomic E-state index is 0.00144. The zero-order chi connectivity index (χ0) is 15.7. The fraction of sp³-hybridized carbons (Fsp3) is 0.200. The third-order valence-corrected chi connectivity index (χ3v) is 6.64. The summed E-state index contributed by atoms with van der Waals surface area (Å²) in [6.45, 7) is 0. The summed E-state index contributed by atoms with van der Waals surface area (Å²) in [6.07, 6.45) is 0.408. The van der Waals surface area contributed by atoms with Crippen LogP contribution in [-0.4, -0.2) is 20.1 Å². The highest BCUT2D eigenvalue weighted by Crippen LogP contribution is 2.50. The number of hydrogen-bond acceptors (Lipinski definition) is 3. The molecule has 0 spiro atoms. The van der Waals surface area contributed by atoms with Gasteiger partial charge in [-0.25, -0.2) is 12.7 Å². The van der Waals surface area contributed by atoms with Crippen LogP contribution in [0.1, 0.15) is 6.42 Å². The van der Waals surface area contributed by atoms with E-state index in [9.17, 15) is 8.42 Å². The quantitative estimate of drug-likeness (QED) is 0.715. The van der Waals surface area contributed by atoms with E-state index in [2.05, 4.69) is 0 Å². The van der Waals surface area contributed by atoms with Crippen molar-refractivity contribution in [3.05, 3.63) is 47.5 Å². The molecule has 1 heterocycles. The summed E-state index contributed by atoms with van der Waals surface area (Å²) in [5.74, 6) is 0.313. The lowest BCUT2D eigenvalue weighted by Gasteiger charge is -2.32. The predicted octanol–water partition coefficient (Wildman–Crippen LogP) is 4.90. The van der Waals surface area contributed by atoms with Gasteiger partial charge in [0.2, 0.25) is 10.0 Å². The Morgan fingerprint density at radius 2 is 1.77 bits per heavy atom. The average Bonchev–Trinajstić information content (AvgIpc) is 2.50. The number of halogens is 2. The molecule has 0 unspecified atom stereocenters. The largest absolute Gasteiger partial charge is 0.239 e. The molecule has 0 N–H and O–H groups in total. The topological polar surface area (TPSA) is 37.4 Å². The Hall–Kier alpha value is -0.880. The number of alkyl halides is 1. The molecule has 0 bridgehead atoms. The maximum atomic E-state index is 12.8. The van der Waals surface area contributed by atoms with Crippen LogP contribution in [0, 0.1) is 0 Å². The third kappa shape index (κ3) is 2.95. The van der Waals surface area contributed by atoms with Gasteiger partial charge in [-0.2, -0.15) is 0 Å². The molecule has 1 aliphatic rings. The van der Waals surface area contributed by atoms with Crippen molar-refractivity contribution in [3.63, 3.8) is 0 Å². The normalized spacial score (nSPS) is 13.6. The van der Waals surface area contributed by atoms with Crippen molar-refractivity contribution in [1.82, 2.24) is 0 Å². The Balaban J connectivity index is 2.18. The van der Waals surface area contributed by atoms with Gasteiger partial charge in [0.1, 0.15) is 0 Å². The van der Waals surface area contributed by atoms with Gasteiger partial charge < -0.3 is 0 Å². The molecule has 0 aliphatic carbocycles. The molecule has 22 heavy (non-hydrogen) atoms. The van der Waals surface area contributed by atoms with Crippen LogP contribution < -0.4 is 4.31 Å². The molecule has 0 saturated heterocycles. The van der Waals surface area contributed by atoms with E-state index in [4.69, 9.17) is 23.2 Å². The van der Waals surface area contributed by atoms with Gasteiger partial charge in [0, 0.05) is 20.7 Å². The summed E-state index contributed by atoms with van der Waals surface area (Å²) in [4.78, 5) is 1.78. The number of para-hydroxylation sites is 1. The number of sulfonamides is 1. The molecule has 2 aromatic rings. The monoisotopic (exact) mass is 373 g/mol. The van der Waals surface area contributed by atoms with Crippen LogP contribution >= 0.6 is 35.0 Å². The average molecular weight is 374 g/mol. The zero-order valence-electron chi connectivity index (χ0n) is 11.5. The second-order valence-corrected chi connectivity index (χ2v) is 8.64. The molecule has 2 aromatic carbocycles. The fourth-order valence-electron chi connectivity index (χ4n) is 2.32. The predicted molar refractivity (Wildman–Crippen MR) is 93.3 cm³/mol. The van der Waals surface area contributed by atoms with Gasteiger partial charge in [0.25, 0.3) is 0 Å². The molecule has 0 fully saturated rings. The summed E-state index contributed by atoms with van der Waals surface area (Å²) >= 11 is 13.3. The molecule has 0 atom stereocenters. The highest BCUT2D eigenvalue weighted by Gasteiger charge is 2.32. The van der Waals surface area contributed by atoms with Gasteiger partial charge in [-0.15, -0.1) is 11.6 Å². The molecule has 0 aromatic heterocycles. The van der Waals surface area contributed by atoms with Gasteiger partial charge >= 0.3 is 0 Å². The maximum Gasteiger partial charge on any atom is 0.239 e. The van der Waals surface area contributed by atoms with E-state index >= 15 is 0 Å². The first-order valence-corrected chi connectivity index (χ1v) is 10.0. The van der Waals surface area contributed by atoms with E-state index in [0.29, 0.717) is 28.7 Å². The van der Waals surface area contributed by atoms with Crippen molar-refractivity contribution in [2.45, 2.75) is 16.2 Å². The number of benzene rings is 2. The van der Waals surface area contributed by atoms with Crippen LogP contribution in [-0.2, 0) is 10.0 Å². The Morgan fingerprint density at radius 3 is 2.55 bits per heavy atom. The highest BCUT2D eigenvalue weighted by atomic mass is 35.5. The van der Waals surface area contributed by atoms with Crippen LogP contribution in [0.3, 0.4) is 0 Å². The molecular formula is C15H13Cl2NO2S2. The van der Waals surface area contributed by atoms with Crippen LogP contribution in [0.4, 0.5) is 11.4 Å². The lowest BCUT2D eigenvalue weighted by molar-refractivity contribution is 0.594. The second-order valence-electron chi connectivity index (χ2n) is 4.80. The number of fused-ring (bicyclic) bond motifs is 2. The van der Waals surface area contributed by atoms with Crippen molar-refractivity contribution < 1.29 is 8.42 Å². The summed E-state index contributed by atoms with van der Waals surface area (Å²) in [5, 5.41) is 0.510. The van der Waals surface area contributed by atoms with Gasteiger partial charge in [-0.05, 0) is 36.8 Å². The first kappa shape index (κ1) is 16.0. The van der Waals surface area contributed by atoms with E-state index < -0.39 is 10.0 Å². The van der Waals surface area contributed by atoms with Gasteiger partial charge in [0.15, 0.2) is 0 Å². The number of nitrogens with zero attached hydrogens (tertiary/aromatic N) is 1. The van der Waals surface area contributed by atoms with E-state index in [1.54, 1.807) is 23.9 Å². The van der Waals surface area contributed by atoms with Crippen molar-refractivity contribution >= 4 is 56.4 Å². The van der Waals surface area contributed by atoms with E-state index in [1.165, 1.54) is 4.31 Å². The minimum Gasteiger partial charge on any atom is -0.236 e. The number of rotatable bonds is 4. The SMILES string of the molecule is O=S(=O)(CCCCl)N1c2ccccc2Sc2ccc(Cl)cc21. The highest BCUT2D eigenvalue weighted by molar-refractivity contribution is 8.00. The second kappa shape index (κ2) is 6.32. The van der Waals surface area contributed by atoms with Crippen LogP contribution in [0.2, 0.25) is 5.02 Å². The number of anilines is 2. The maximum absolute atomic E-state index is 12.8. The Labute approximate surface area is 144 Å². The molecule has 3 nitrogen and oxygen atoms in total. The Kier molecular flexibility index (Phi) is 4.59. The van der Waals surface area contributed by atoms with Crippen molar-refractivity contribution in [2.75, 3.05) is 15.9 Å². The zero-order valence-corrected chi connectivity index (χ0v) is 14.6. The standard InChI is InChI=1S/C15H13Cl2NO2S2/c16-8-3-9-22(19,20)18-12-4-1-2-5-14(12)21-15-7-6-11(17)10-13(15)18/h1-2,4-7,10H,3,8-9H2. The van der Waals surface area contributed by atoms with Crippen molar-refractivity contribution in [1.29, 1.82) is 0 Å². The van der Waals surface area contributed by atoms with Crippen molar-refractivity contribution in [2.24, 2.45) is 0 Å². The molecule has 3 rings (SSSR count). The Bertz CT molecular complexity index is 809. The first-order chi connectivity index (χ1) is 10.5. The summed E-state index contributed by atoms with van der Waals surface area (Å²) in [5.41, 5.74) is 1.27. The van der Waals surface area contributed by atoms with E-state index in [0.717, 1.165) is 9.79 Å². The number of hydrogen-bond donors (Lipinski definition) is 0. The van der Waals surface area contributed by atoms with Gasteiger partial charge in [-0.3, -0.25) is 0 Å². The molecule has 0 saturated carbocycles. The summed E-state index contributed by atoms with van der Waals surface area (Å²) in [7, 11) is -3.51. The molecule has 7 heteroatoms. The van der Waals surface area contributed by atoms with Gasteiger partial charge in [0.05, 0.1) is 17.1 Å². The van der Waals surface area contributed by atoms with E-state index in [1.807, 2.05) is 30.3 Å². The van der Waals surface area contributed by atoms with Crippen LogP contribution in [0.25, 0.3) is 0 Å². The molecular weight excluding hydrogens is 361 g/mol. The van der Waals surface area contributed by atoms with Crippen LogP contribution in [0.15, 0.2) is 52.3 Å². The fourth-order valence-corrected chi connectivity index (χ4v) is 5.54. The molecule has 0 radical (unpaired) electrons. The summed E-state index contributed by atoms with van der Waals surface area (Å²) < 4.78 is 27.0. The molecule has 1 aliphatic heterocycles. The molecule has 116 valence electrons. The Morgan fingerprint density at radius 1 is 1.05 bits per heavy atom. The first-order valence-electron chi connectivity index (χ1n) is 6.68. The van der Waals surface area contributed by atoms with Gasteiger partial charge in [-0.1, -0.05) is 35.5 Å². The van der Waals surface area contributed by atoms with Crippen LogP contribution in [0.5, 0.6) is 0 Å². The van der Waals surface area contributed by atoms with E-state index in [-0.39, 0.29) is 5.75 Å². The smallest absolute Gasteiger partial charge is 0.236 e. The summed E-state index contributed by atoms with van der Waals surface area (Å²) in [6, 6.07) is 12.8. The lowest BCUT2D eigenvalue weighted by Crippen LogP contribution is -2.31. The third-order valence-electron chi connectivity index (χ3n) is 3.26. The van der Waals surface area contributed by atoms with Crippen molar-refractivity contribution in [3.8, 4) is 0 Å².